The largest absolute Gasteiger partial charge is 0.338 e. The van der Waals surface area contributed by atoms with E-state index in [1.807, 2.05) is 31.2 Å². The molecule has 25 heavy (non-hydrogen) atoms. The summed E-state index contributed by atoms with van der Waals surface area (Å²) in [7, 11) is 0. The average molecular weight is 376 g/mol. The van der Waals surface area contributed by atoms with E-state index in [1.165, 1.54) is 30.0 Å². The minimum atomic E-state index is -0.114. The summed E-state index contributed by atoms with van der Waals surface area (Å²) in [6.07, 6.45) is 0. The molecule has 8 nitrogen and oxygen atoms in total. The number of hydrogen-bond acceptors (Lipinski definition) is 9. The zero-order valence-electron chi connectivity index (χ0n) is 13.8. The van der Waals surface area contributed by atoms with Crippen molar-refractivity contribution in [2.45, 2.75) is 30.4 Å². The Morgan fingerprint density at radius 1 is 1.32 bits per heavy atom. The molecule has 0 saturated heterocycles. The van der Waals surface area contributed by atoms with Gasteiger partial charge in [-0.25, -0.2) is 0 Å². The van der Waals surface area contributed by atoms with Gasteiger partial charge in [0, 0.05) is 18.3 Å². The highest BCUT2D eigenvalue weighted by Gasteiger charge is 2.17. The highest BCUT2D eigenvalue weighted by Crippen LogP contribution is 2.37. The Hall–Kier alpha value is -2.46. The number of anilines is 3. The molecule has 0 saturated carbocycles. The maximum Gasteiger partial charge on any atom is 0.239 e. The predicted molar refractivity (Wildman–Crippen MR) is 97.2 cm³/mol. The van der Waals surface area contributed by atoms with Gasteiger partial charge in [-0.1, -0.05) is 34.3 Å². The van der Waals surface area contributed by atoms with E-state index in [0.717, 1.165) is 15.7 Å². The third kappa shape index (κ3) is 4.77. The fourth-order valence-corrected chi connectivity index (χ4v) is 3.94. The molecule has 1 aromatic carbocycles. The van der Waals surface area contributed by atoms with Gasteiger partial charge in [-0.05, 0) is 32.0 Å². The monoisotopic (exact) mass is 376 g/mol. The molecule has 3 aromatic rings. The Balaban J connectivity index is 1.64. The van der Waals surface area contributed by atoms with Crippen molar-refractivity contribution in [3.05, 3.63) is 36.0 Å². The van der Waals surface area contributed by atoms with Crippen molar-refractivity contribution in [1.82, 2.24) is 20.3 Å². The van der Waals surface area contributed by atoms with Crippen molar-refractivity contribution in [3.63, 3.8) is 0 Å². The third-order valence-electron chi connectivity index (χ3n) is 3.01. The first-order chi connectivity index (χ1) is 12.0. The summed E-state index contributed by atoms with van der Waals surface area (Å²) in [6, 6.07) is 7.40. The summed E-state index contributed by atoms with van der Waals surface area (Å²) >= 11 is 2.93. The summed E-state index contributed by atoms with van der Waals surface area (Å²) in [5, 5.41) is 18.7. The Morgan fingerprint density at radius 3 is 2.84 bits per heavy atom. The summed E-state index contributed by atoms with van der Waals surface area (Å²) in [4.78, 5) is 15.4. The molecule has 1 unspecified atom stereocenters. The summed E-state index contributed by atoms with van der Waals surface area (Å²) in [5.74, 6) is 1.06. The molecule has 0 aliphatic rings. The van der Waals surface area contributed by atoms with Crippen molar-refractivity contribution >= 4 is 45.5 Å². The lowest BCUT2D eigenvalue weighted by Gasteiger charge is -2.05. The van der Waals surface area contributed by atoms with Gasteiger partial charge in [-0.2, -0.15) is 4.98 Å². The maximum absolute atomic E-state index is 11.1. The van der Waals surface area contributed by atoms with Gasteiger partial charge in [-0.15, -0.1) is 10.2 Å². The molecule has 130 valence electrons. The minimum Gasteiger partial charge on any atom is -0.338 e. The molecule has 0 fully saturated rings. The van der Waals surface area contributed by atoms with Gasteiger partial charge in [0.2, 0.25) is 16.9 Å². The van der Waals surface area contributed by atoms with Crippen molar-refractivity contribution < 1.29 is 9.32 Å². The van der Waals surface area contributed by atoms with Crippen LogP contribution in [0.25, 0.3) is 0 Å². The van der Waals surface area contributed by atoms with E-state index < -0.39 is 0 Å². The lowest BCUT2D eigenvalue weighted by Crippen LogP contribution is -2.05. The van der Waals surface area contributed by atoms with Crippen LogP contribution in [0.1, 0.15) is 30.8 Å². The van der Waals surface area contributed by atoms with Crippen LogP contribution in [0.4, 0.5) is 16.5 Å². The highest BCUT2D eigenvalue weighted by atomic mass is 32.2. The summed E-state index contributed by atoms with van der Waals surface area (Å²) < 4.78 is 5.97. The first-order valence-electron chi connectivity index (χ1n) is 7.44. The van der Waals surface area contributed by atoms with Crippen LogP contribution in [0.5, 0.6) is 0 Å². The Bertz CT molecular complexity index is 878. The van der Waals surface area contributed by atoms with E-state index in [0.29, 0.717) is 16.8 Å². The number of amides is 1. The number of rotatable bonds is 6. The smallest absolute Gasteiger partial charge is 0.239 e. The van der Waals surface area contributed by atoms with E-state index in [9.17, 15) is 4.79 Å². The highest BCUT2D eigenvalue weighted by molar-refractivity contribution is 8.01. The fraction of sp³-hybridized carbons (Fsp3) is 0.267. The molecule has 0 spiro atoms. The molecule has 1 atom stereocenters. The number of nitrogens with one attached hydrogen (secondary N) is 2. The van der Waals surface area contributed by atoms with Crippen LogP contribution in [-0.4, -0.2) is 26.2 Å². The first kappa shape index (κ1) is 17.4. The molecular formula is C15H16N6O2S2. The SMILES string of the molecule is CC(=O)Nc1cccc(Nc2nnc(SC(C)c3nc(C)no3)s2)c1. The quantitative estimate of drug-likeness (QED) is 0.626. The lowest BCUT2D eigenvalue weighted by molar-refractivity contribution is -0.114. The minimum absolute atomic E-state index is 0.00917. The normalized spacial score (nSPS) is 12.0. The number of benzene rings is 1. The van der Waals surface area contributed by atoms with E-state index >= 15 is 0 Å². The Labute approximate surface area is 152 Å². The van der Waals surface area contributed by atoms with Crippen LogP contribution >= 0.6 is 23.1 Å². The maximum atomic E-state index is 11.1. The van der Waals surface area contributed by atoms with Gasteiger partial charge in [-0.3, -0.25) is 4.79 Å². The fourth-order valence-electron chi connectivity index (χ4n) is 1.99. The van der Waals surface area contributed by atoms with Crippen LogP contribution in [0.2, 0.25) is 0 Å². The Kier molecular flexibility index (Phi) is 5.29. The number of aryl methyl sites for hydroxylation is 1. The second-order valence-electron chi connectivity index (χ2n) is 5.20. The van der Waals surface area contributed by atoms with Crippen molar-refractivity contribution in [1.29, 1.82) is 0 Å². The summed E-state index contributed by atoms with van der Waals surface area (Å²) in [6.45, 7) is 5.23. The molecule has 0 radical (unpaired) electrons. The number of carbonyl (C=O) groups excluding carboxylic acids is 1. The Morgan fingerprint density at radius 2 is 2.12 bits per heavy atom. The van der Waals surface area contributed by atoms with E-state index in [1.54, 1.807) is 6.92 Å². The zero-order chi connectivity index (χ0) is 17.8. The second-order valence-corrected chi connectivity index (χ2v) is 7.77. The topological polar surface area (TPSA) is 106 Å². The third-order valence-corrected chi connectivity index (χ3v) is 5.02. The van der Waals surface area contributed by atoms with Crippen LogP contribution < -0.4 is 10.6 Å². The molecule has 0 bridgehead atoms. The van der Waals surface area contributed by atoms with E-state index in [4.69, 9.17) is 4.52 Å². The predicted octanol–water partition coefficient (Wildman–Crippen LogP) is 3.78. The lowest BCUT2D eigenvalue weighted by atomic mass is 10.3. The molecule has 0 aliphatic carbocycles. The first-order valence-corrected chi connectivity index (χ1v) is 9.14. The van der Waals surface area contributed by atoms with Crippen LogP contribution in [0.3, 0.4) is 0 Å². The van der Waals surface area contributed by atoms with Gasteiger partial charge < -0.3 is 15.2 Å². The number of aromatic nitrogens is 4. The standard InChI is InChI=1S/C15H16N6O2S2/c1-8(13-16-9(2)21-23-13)24-15-20-19-14(25-15)18-12-6-4-5-11(7-12)17-10(3)22/h4-8H,1-3H3,(H,17,22)(H,18,19). The van der Waals surface area contributed by atoms with Crippen molar-refractivity contribution in [2.75, 3.05) is 10.6 Å². The second kappa shape index (κ2) is 7.62. The van der Waals surface area contributed by atoms with Gasteiger partial charge in [0.15, 0.2) is 10.2 Å². The molecule has 2 heterocycles. The van der Waals surface area contributed by atoms with Crippen LogP contribution in [0.15, 0.2) is 33.1 Å². The van der Waals surface area contributed by atoms with Crippen LogP contribution in [-0.2, 0) is 4.79 Å². The average Bonchev–Trinajstić information content (AvgIpc) is 3.16. The van der Waals surface area contributed by atoms with Crippen LogP contribution in [0, 0.1) is 6.92 Å². The molecule has 2 aromatic heterocycles. The van der Waals surface area contributed by atoms with E-state index in [-0.39, 0.29) is 11.2 Å². The summed E-state index contributed by atoms with van der Waals surface area (Å²) in [5.41, 5.74) is 1.54. The zero-order valence-corrected chi connectivity index (χ0v) is 15.4. The van der Waals surface area contributed by atoms with Gasteiger partial charge >= 0.3 is 0 Å². The molecule has 3 rings (SSSR count). The van der Waals surface area contributed by atoms with Crippen molar-refractivity contribution in [3.8, 4) is 0 Å². The number of nitrogens with zero attached hydrogens (tertiary/aromatic N) is 4. The van der Waals surface area contributed by atoms with Gasteiger partial charge in [0.25, 0.3) is 0 Å². The van der Waals surface area contributed by atoms with Gasteiger partial charge in [0.05, 0.1) is 5.25 Å². The molecule has 0 aliphatic heterocycles. The molecule has 10 heteroatoms. The molecule has 1 amide bonds. The number of hydrogen-bond donors (Lipinski definition) is 2. The molecule has 2 N–H and O–H groups in total. The van der Waals surface area contributed by atoms with E-state index in [2.05, 4.69) is 31.0 Å². The number of thioether (sulfide) groups is 1. The number of carbonyl (C=O) groups is 1. The van der Waals surface area contributed by atoms with Gasteiger partial charge in [0.1, 0.15) is 0 Å². The van der Waals surface area contributed by atoms with Crippen molar-refractivity contribution in [2.24, 2.45) is 0 Å². The molecular weight excluding hydrogens is 360 g/mol.